The van der Waals surface area contributed by atoms with Gasteiger partial charge in [-0.25, -0.2) is 0 Å². The fourth-order valence-corrected chi connectivity index (χ4v) is 10.7. The van der Waals surface area contributed by atoms with Gasteiger partial charge in [-0.1, -0.05) is 318 Å². The van der Waals surface area contributed by atoms with Crippen LogP contribution in [0.1, 0.15) is 380 Å². The smallest absolute Gasteiger partial charge is 0.306 e. The number of hydrogen-bond acceptors (Lipinski definition) is 6. The van der Waals surface area contributed by atoms with Gasteiger partial charge in [-0.3, -0.25) is 14.4 Å². The summed E-state index contributed by atoms with van der Waals surface area (Å²) >= 11 is 0. The van der Waals surface area contributed by atoms with Crippen molar-refractivity contribution >= 4 is 17.9 Å². The lowest BCUT2D eigenvalue weighted by Gasteiger charge is -2.18. The number of ether oxygens (including phenoxy) is 3. The minimum absolute atomic E-state index is 0.0765. The molecule has 0 bridgehead atoms. The van der Waals surface area contributed by atoms with Gasteiger partial charge < -0.3 is 14.2 Å². The average Bonchev–Trinajstić information content (AvgIpc) is 3.49. The summed E-state index contributed by atoms with van der Waals surface area (Å²) in [4.78, 5) is 38.5. The summed E-state index contributed by atoms with van der Waals surface area (Å²) in [6, 6.07) is 0. The van der Waals surface area contributed by atoms with Crippen molar-refractivity contribution in [2.75, 3.05) is 13.2 Å². The summed E-state index contributed by atoms with van der Waals surface area (Å²) in [5, 5.41) is 0. The Morgan fingerprint density at radius 1 is 0.241 bits per heavy atom. The van der Waals surface area contributed by atoms with Gasteiger partial charge in [-0.2, -0.15) is 0 Å². The van der Waals surface area contributed by atoms with Crippen LogP contribution in [-0.4, -0.2) is 37.2 Å². The quantitative estimate of drug-likeness (QED) is 0.0261. The second-order valence-electron chi connectivity index (χ2n) is 24.5. The highest BCUT2D eigenvalue weighted by Gasteiger charge is 2.19. The van der Waals surface area contributed by atoms with E-state index in [9.17, 15) is 14.4 Å². The van der Waals surface area contributed by atoms with Crippen molar-refractivity contribution in [2.24, 2.45) is 0 Å². The SMILES string of the molecule is CCCCC/C=C\C/C=C\CCCCCCCCCC(=O)OCC(COC(=O)CCCCCCCCCCCCCCC/C=C\C/C=C\CCCCCCC)OC(=O)CCCCCCCCCCCCC/C=C\C/C=C\CCCCCCC. The van der Waals surface area contributed by atoms with Crippen LogP contribution in [0, 0.1) is 0 Å². The minimum atomic E-state index is -0.782. The Morgan fingerprint density at radius 3 is 0.687 bits per heavy atom. The monoisotopic (exact) mass is 1160 g/mol. The van der Waals surface area contributed by atoms with Crippen LogP contribution in [0.5, 0.6) is 0 Å². The van der Waals surface area contributed by atoms with Gasteiger partial charge in [0.15, 0.2) is 6.10 Å². The highest BCUT2D eigenvalue weighted by atomic mass is 16.6. The van der Waals surface area contributed by atoms with E-state index < -0.39 is 6.10 Å². The first-order chi connectivity index (χ1) is 41.0. The number of carbonyl (C=O) groups is 3. The van der Waals surface area contributed by atoms with Crippen LogP contribution in [0.25, 0.3) is 0 Å². The Hall–Kier alpha value is -3.15. The number of hydrogen-bond donors (Lipinski definition) is 0. The Bertz CT molecular complexity index is 1520. The predicted molar refractivity (Wildman–Crippen MR) is 362 cm³/mol. The number of unbranched alkanes of at least 4 members (excludes halogenated alkanes) is 44. The molecule has 0 N–H and O–H groups in total. The molecule has 0 amide bonds. The molecular weight excluding hydrogens is 1020 g/mol. The zero-order valence-corrected chi connectivity index (χ0v) is 55.5. The molecule has 1 unspecified atom stereocenters. The third-order valence-electron chi connectivity index (χ3n) is 16.2. The van der Waals surface area contributed by atoms with E-state index in [1.165, 1.54) is 257 Å². The molecule has 482 valence electrons. The van der Waals surface area contributed by atoms with Gasteiger partial charge in [0.2, 0.25) is 0 Å². The Morgan fingerprint density at radius 2 is 0.434 bits per heavy atom. The molecule has 0 aliphatic carbocycles. The van der Waals surface area contributed by atoms with Crippen LogP contribution in [-0.2, 0) is 28.6 Å². The van der Waals surface area contributed by atoms with Gasteiger partial charge >= 0.3 is 17.9 Å². The second kappa shape index (κ2) is 71.3. The Balaban J connectivity index is 4.33. The standard InChI is InChI=1S/C77H138O6/c1-4-7-10-13-16-19-22-25-28-31-33-35-37-38-40-41-43-46-49-52-55-58-61-64-67-70-76(79)82-73-74(72-81-75(78)69-66-63-60-57-54-51-48-45-30-27-24-21-18-15-12-9-6-3)83-77(80)71-68-65-62-59-56-53-50-47-44-42-39-36-34-32-29-26-23-20-17-14-11-8-5-2/h18,21-23,25-27,30-34,74H,4-17,19-20,24,28-29,35-73H2,1-3H3/b21-18-,25-22-,26-23-,30-27-,33-31-,34-32-. The summed E-state index contributed by atoms with van der Waals surface area (Å²) in [6.07, 6.45) is 93.5. The molecule has 0 saturated carbocycles. The summed E-state index contributed by atoms with van der Waals surface area (Å²) in [5.41, 5.74) is 0. The van der Waals surface area contributed by atoms with Gasteiger partial charge in [0.1, 0.15) is 13.2 Å². The maximum absolute atomic E-state index is 13.0. The third-order valence-corrected chi connectivity index (χ3v) is 16.2. The molecule has 0 rings (SSSR count). The lowest BCUT2D eigenvalue weighted by Crippen LogP contribution is -2.30. The molecule has 1 atom stereocenters. The lowest BCUT2D eigenvalue weighted by molar-refractivity contribution is -0.167. The van der Waals surface area contributed by atoms with E-state index in [1.807, 2.05) is 0 Å². The van der Waals surface area contributed by atoms with Gasteiger partial charge in [0.25, 0.3) is 0 Å². The molecule has 0 spiro atoms. The molecule has 0 aliphatic rings. The first-order valence-electron chi connectivity index (χ1n) is 36.4. The van der Waals surface area contributed by atoms with Crippen molar-refractivity contribution < 1.29 is 28.6 Å². The van der Waals surface area contributed by atoms with Gasteiger partial charge in [0.05, 0.1) is 0 Å². The Labute approximate surface area is 516 Å². The summed E-state index contributed by atoms with van der Waals surface area (Å²) in [6.45, 7) is 6.64. The molecular formula is C77H138O6. The van der Waals surface area contributed by atoms with Crippen molar-refractivity contribution in [3.05, 3.63) is 72.9 Å². The highest BCUT2D eigenvalue weighted by molar-refractivity contribution is 5.71. The third kappa shape index (κ3) is 69.5. The largest absolute Gasteiger partial charge is 0.462 e. The van der Waals surface area contributed by atoms with E-state index in [4.69, 9.17) is 14.2 Å². The number of esters is 3. The molecule has 83 heavy (non-hydrogen) atoms. The second-order valence-corrected chi connectivity index (χ2v) is 24.5. The van der Waals surface area contributed by atoms with Crippen molar-refractivity contribution in [3.8, 4) is 0 Å². The van der Waals surface area contributed by atoms with E-state index in [2.05, 4.69) is 93.7 Å². The summed E-state index contributed by atoms with van der Waals surface area (Å²) < 4.78 is 17.0. The van der Waals surface area contributed by atoms with E-state index in [0.717, 1.165) is 83.5 Å². The summed E-state index contributed by atoms with van der Waals surface area (Å²) in [7, 11) is 0. The molecule has 6 heteroatoms. The van der Waals surface area contributed by atoms with Crippen LogP contribution < -0.4 is 0 Å². The molecule has 0 aromatic heterocycles. The molecule has 0 aromatic rings. The van der Waals surface area contributed by atoms with Crippen molar-refractivity contribution in [2.45, 2.75) is 386 Å². The lowest BCUT2D eigenvalue weighted by atomic mass is 10.0. The van der Waals surface area contributed by atoms with Crippen LogP contribution in [0.4, 0.5) is 0 Å². The van der Waals surface area contributed by atoms with E-state index in [0.29, 0.717) is 19.3 Å². The molecule has 0 aliphatic heterocycles. The van der Waals surface area contributed by atoms with E-state index >= 15 is 0 Å². The molecule has 0 saturated heterocycles. The maximum Gasteiger partial charge on any atom is 0.306 e. The zero-order valence-electron chi connectivity index (χ0n) is 55.5. The number of carbonyl (C=O) groups excluding carboxylic acids is 3. The van der Waals surface area contributed by atoms with Crippen LogP contribution in [0.15, 0.2) is 72.9 Å². The van der Waals surface area contributed by atoms with Gasteiger partial charge in [-0.05, 0) is 116 Å². The van der Waals surface area contributed by atoms with Crippen LogP contribution in [0.2, 0.25) is 0 Å². The summed E-state index contributed by atoms with van der Waals surface area (Å²) in [5.74, 6) is -0.865. The van der Waals surface area contributed by atoms with Crippen molar-refractivity contribution in [1.29, 1.82) is 0 Å². The van der Waals surface area contributed by atoms with Gasteiger partial charge in [-0.15, -0.1) is 0 Å². The first kappa shape index (κ1) is 79.8. The van der Waals surface area contributed by atoms with E-state index in [1.54, 1.807) is 0 Å². The van der Waals surface area contributed by atoms with Crippen LogP contribution in [0.3, 0.4) is 0 Å². The van der Waals surface area contributed by atoms with E-state index in [-0.39, 0.29) is 31.1 Å². The first-order valence-corrected chi connectivity index (χ1v) is 36.4. The molecule has 6 nitrogen and oxygen atoms in total. The molecule has 0 fully saturated rings. The number of allylic oxidation sites excluding steroid dienone is 12. The zero-order chi connectivity index (χ0) is 59.9. The maximum atomic E-state index is 13.0. The predicted octanol–water partition coefficient (Wildman–Crippen LogP) is 25.2. The molecule has 0 heterocycles. The molecule has 0 radical (unpaired) electrons. The van der Waals surface area contributed by atoms with Crippen molar-refractivity contribution in [1.82, 2.24) is 0 Å². The molecule has 0 aromatic carbocycles. The highest BCUT2D eigenvalue weighted by Crippen LogP contribution is 2.18. The fourth-order valence-electron chi connectivity index (χ4n) is 10.7. The average molecular weight is 1160 g/mol. The topological polar surface area (TPSA) is 78.9 Å². The fraction of sp³-hybridized carbons (Fsp3) is 0.805. The Kier molecular flexibility index (Phi) is 68.6. The number of rotatable bonds is 67. The normalized spacial score (nSPS) is 12.5. The van der Waals surface area contributed by atoms with Gasteiger partial charge in [0, 0.05) is 19.3 Å². The minimum Gasteiger partial charge on any atom is -0.462 e. The van der Waals surface area contributed by atoms with Crippen molar-refractivity contribution in [3.63, 3.8) is 0 Å². The van der Waals surface area contributed by atoms with Crippen LogP contribution >= 0.6 is 0 Å².